The summed E-state index contributed by atoms with van der Waals surface area (Å²) < 4.78 is 0. The Morgan fingerprint density at radius 1 is 1.25 bits per heavy atom. The molecule has 0 radical (unpaired) electrons. The molecule has 0 unspecified atom stereocenters. The fourth-order valence-electron chi connectivity index (χ4n) is 1.82. The molecular weight excluding hydrogens is 218 g/mol. The van der Waals surface area contributed by atoms with Crippen molar-refractivity contribution in [2.45, 2.75) is 44.2 Å². The van der Waals surface area contributed by atoms with Gasteiger partial charge in [0.25, 0.3) is 0 Å². The van der Waals surface area contributed by atoms with Crippen LogP contribution in [0.5, 0.6) is 0 Å². The van der Waals surface area contributed by atoms with Gasteiger partial charge in [0, 0.05) is 30.5 Å². The van der Waals surface area contributed by atoms with Crippen LogP contribution in [-0.2, 0) is 18.4 Å². The number of fused-ring (bicyclic) bond motifs is 1. The lowest BCUT2D eigenvalue weighted by molar-refractivity contribution is 0.518. The third kappa shape index (κ3) is 2.23. The number of rotatable bonds is 1. The first kappa shape index (κ1) is 11.9. The fraction of sp³-hybridized carbons (Fsp3) is 0.667. The Labute approximate surface area is 101 Å². The van der Waals surface area contributed by atoms with E-state index in [1.54, 1.807) is 11.8 Å². The Morgan fingerprint density at radius 2 is 2.00 bits per heavy atom. The van der Waals surface area contributed by atoms with Crippen LogP contribution in [0.1, 0.15) is 37.9 Å². The molecule has 2 heterocycles. The molecule has 88 valence electrons. The van der Waals surface area contributed by atoms with Crippen molar-refractivity contribution < 1.29 is 0 Å². The van der Waals surface area contributed by atoms with Gasteiger partial charge in [0.2, 0.25) is 0 Å². The number of thioether (sulfide) groups is 1. The second-order valence-electron chi connectivity index (χ2n) is 5.16. The van der Waals surface area contributed by atoms with Crippen molar-refractivity contribution in [2.75, 3.05) is 12.8 Å². The highest BCUT2D eigenvalue weighted by molar-refractivity contribution is 7.98. The maximum Gasteiger partial charge on any atom is 0.135 e. The number of nitrogens with zero attached hydrogens (tertiary/aromatic N) is 2. The van der Waals surface area contributed by atoms with Gasteiger partial charge in [-0.05, 0) is 6.26 Å². The molecule has 1 aliphatic rings. The molecule has 1 N–H and O–H groups in total. The van der Waals surface area contributed by atoms with Crippen LogP contribution in [0.15, 0.2) is 5.03 Å². The molecule has 16 heavy (non-hydrogen) atoms. The first-order chi connectivity index (χ1) is 7.52. The van der Waals surface area contributed by atoms with Crippen molar-refractivity contribution in [2.24, 2.45) is 0 Å². The maximum atomic E-state index is 4.73. The second-order valence-corrected chi connectivity index (χ2v) is 5.95. The minimum atomic E-state index is 0.0321. The van der Waals surface area contributed by atoms with Crippen molar-refractivity contribution in [3.05, 3.63) is 17.1 Å². The van der Waals surface area contributed by atoms with Crippen LogP contribution in [0.3, 0.4) is 0 Å². The fourth-order valence-corrected chi connectivity index (χ4v) is 2.43. The highest BCUT2D eigenvalue weighted by Crippen LogP contribution is 2.27. The van der Waals surface area contributed by atoms with Gasteiger partial charge in [-0.25, -0.2) is 9.97 Å². The Bertz CT molecular complexity index is 379. The third-order valence-electron chi connectivity index (χ3n) is 2.76. The quantitative estimate of drug-likeness (QED) is 0.600. The van der Waals surface area contributed by atoms with Gasteiger partial charge >= 0.3 is 0 Å². The number of hydrogen-bond donors (Lipinski definition) is 1. The maximum absolute atomic E-state index is 4.73. The standard InChI is InChI=1S/C12H19N3S/c1-12(2,3)11-14-9-5-6-13-7-8(9)10(15-11)16-4/h13H,5-7H2,1-4H3. The summed E-state index contributed by atoms with van der Waals surface area (Å²) >= 11 is 1.72. The number of nitrogens with one attached hydrogen (secondary N) is 1. The Hall–Kier alpha value is -0.610. The van der Waals surface area contributed by atoms with Crippen molar-refractivity contribution in [1.82, 2.24) is 15.3 Å². The van der Waals surface area contributed by atoms with Gasteiger partial charge in [0.1, 0.15) is 10.9 Å². The van der Waals surface area contributed by atoms with Gasteiger partial charge in [-0.2, -0.15) is 0 Å². The SMILES string of the molecule is CSc1nc(C(C)(C)C)nc2c1CNCC2. The zero-order valence-electron chi connectivity index (χ0n) is 10.4. The van der Waals surface area contributed by atoms with E-state index in [1.165, 1.54) is 11.3 Å². The van der Waals surface area contributed by atoms with Crippen LogP contribution >= 0.6 is 11.8 Å². The average Bonchev–Trinajstić information content (AvgIpc) is 2.26. The molecule has 0 aromatic carbocycles. The molecule has 2 rings (SSSR count). The van der Waals surface area contributed by atoms with E-state index in [2.05, 4.69) is 37.3 Å². The molecule has 0 fully saturated rings. The number of aromatic nitrogens is 2. The Kier molecular flexibility index (Phi) is 3.22. The summed E-state index contributed by atoms with van der Waals surface area (Å²) in [6.45, 7) is 8.44. The van der Waals surface area contributed by atoms with Gasteiger partial charge < -0.3 is 5.32 Å². The molecule has 1 aromatic rings. The molecule has 0 spiro atoms. The zero-order chi connectivity index (χ0) is 11.8. The molecule has 1 aliphatic heterocycles. The van der Waals surface area contributed by atoms with Crippen LogP contribution in [0.25, 0.3) is 0 Å². The van der Waals surface area contributed by atoms with Gasteiger partial charge in [0.15, 0.2) is 0 Å². The molecule has 1 aromatic heterocycles. The first-order valence-electron chi connectivity index (χ1n) is 5.67. The minimum Gasteiger partial charge on any atom is -0.312 e. The van der Waals surface area contributed by atoms with E-state index in [-0.39, 0.29) is 5.41 Å². The summed E-state index contributed by atoms with van der Waals surface area (Å²) in [5, 5.41) is 4.52. The first-order valence-corrected chi connectivity index (χ1v) is 6.90. The lowest BCUT2D eigenvalue weighted by Crippen LogP contribution is -2.28. The smallest absolute Gasteiger partial charge is 0.135 e. The van der Waals surface area contributed by atoms with Gasteiger partial charge in [-0.1, -0.05) is 20.8 Å². The molecule has 4 heteroatoms. The number of hydrogen-bond acceptors (Lipinski definition) is 4. The molecule has 0 atom stereocenters. The van der Waals surface area contributed by atoms with E-state index in [1.807, 2.05) is 0 Å². The van der Waals surface area contributed by atoms with Crippen LogP contribution in [0, 0.1) is 0 Å². The van der Waals surface area contributed by atoms with Gasteiger partial charge in [0.05, 0.1) is 5.69 Å². The average molecular weight is 237 g/mol. The molecule has 0 amide bonds. The van der Waals surface area contributed by atoms with Crippen LogP contribution in [0.2, 0.25) is 0 Å². The summed E-state index contributed by atoms with van der Waals surface area (Å²) in [6.07, 6.45) is 3.11. The van der Waals surface area contributed by atoms with E-state index < -0.39 is 0 Å². The van der Waals surface area contributed by atoms with Crippen LogP contribution in [-0.4, -0.2) is 22.8 Å². The molecule has 0 saturated carbocycles. The van der Waals surface area contributed by atoms with Crippen LogP contribution < -0.4 is 5.32 Å². The van der Waals surface area contributed by atoms with Gasteiger partial charge in [-0.3, -0.25) is 0 Å². The summed E-state index contributed by atoms with van der Waals surface area (Å²) in [7, 11) is 0. The van der Waals surface area contributed by atoms with E-state index in [4.69, 9.17) is 4.98 Å². The molecule has 0 saturated heterocycles. The van der Waals surface area contributed by atoms with Crippen molar-refractivity contribution in [3.8, 4) is 0 Å². The lowest BCUT2D eigenvalue weighted by Gasteiger charge is -2.23. The van der Waals surface area contributed by atoms with E-state index in [0.29, 0.717) is 0 Å². The van der Waals surface area contributed by atoms with Crippen molar-refractivity contribution in [3.63, 3.8) is 0 Å². The summed E-state index contributed by atoms with van der Waals surface area (Å²) in [6, 6.07) is 0. The minimum absolute atomic E-state index is 0.0321. The summed E-state index contributed by atoms with van der Waals surface area (Å²) in [5.74, 6) is 0.970. The topological polar surface area (TPSA) is 37.8 Å². The Balaban J connectivity index is 2.52. The van der Waals surface area contributed by atoms with E-state index in [0.717, 1.165) is 30.4 Å². The van der Waals surface area contributed by atoms with Crippen molar-refractivity contribution >= 4 is 11.8 Å². The van der Waals surface area contributed by atoms with Gasteiger partial charge in [-0.15, -0.1) is 11.8 Å². The highest BCUT2D eigenvalue weighted by Gasteiger charge is 2.23. The summed E-state index contributed by atoms with van der Waals surface area (Å²) in [5.41, 5.74) is 2.57. The predicted molar refractivity (Wildman–Crippen MR) is 67.9 cm³/mol. The largest absolute Gasteiger partial charge is 0.312 e. The Morgan fingerprint density at radius 3 is 2.62 bits per heavy atom. The van der Waals surface area contributed by atoms with Crippen molar-refractivity contribution in [1.29, 1.82) is 0 Å². The monoisotopic (exact) mass is 237 g/mol. The molecule has 3 nitrogen and oxygen atoms in total. The van der Waals surface area contributed by atoms with Crippen LogP contribution in [0.4, 0.5) is 0 Å². The normalized spacial score (nSPS) is 16.0. The molecule has 0 bridgehead atoms. The second kappa shape index (κ2) is 4.34. The van der Waals surface area contributed by atoms with E-state index >= 15 is 0 Å². The zero-order valence-corrected chi connectivity index (χ0v) is 11.2. The molecular formula is C12H19N3S. The third-order valence-corrected chi connectivity index (χ3v) is 3.48. The van der Waals surface area contributed by atoms with E-state index in [9.17, 15) is 0 Å². The lowest BCUT2D eigenvalue weighted by atomic mass is 9.95. The predicted octanol–water partition coefficient (Wildman–Crippen LogP) is 2.14. The summed E-state index contributed by atoms with van der Waals surface area (Å²) in [4.78, 5) is 9.42. The molecule has 0 aliphatic carbocycles. The highest BCUT2D eigenvalue weighted by atomic mass is 32.2.